The minimum atomic E-state index is -0.147. The van der Waals surface area contributed by atoms with Crippen LogP contribution in [-0.4, -0.2) is 12.5 Å². The summed E-state index contributed by atoms with van der Waals surface area (Å²) in [6, 6.07) is 15.5. The minimum Gasteiger partial charge on any atom is -0.483 e. The number of rotatable bonds is 5. The smallest absolute Gasteiger partial charge is 0.262 e. The fourth-order valence-corrected chi connectivity index (χ4v) is 2.16. The number of amides is 1. The number of carbonyl (C=O) groups is 1. The summed E-state index contributed by atoms with van der Waals surface area (Å²) in [5.41, 5.74) is 3.00. The van der Waals surface area contributed by atoms with Crippen LogP contribution >= 0.6 is 0 Å². The fraction of sp³-hybridized carbons (Fsp3) is 0.278. The van der Waals surface area contributed by atoms with Crippen LogP contribution < -0.4 is 10.1 Å². The van der Waals surface area contributed by atoms with E-state index in [4.69, 9.17) is 4.74 Å². The van der Waals surface area contributed by atoms with Crippen molar-refractivity contribution in [2.24, 2.45) is 0 Å². The first-order valence-electron chi connectivity index (χ1n) is 7.15. The van der Waals surface area contributed by atoms with Crippen LogP contribution in [0.1, 0.15) is 30.9 Å². The van der Waals surface area contributed by atoms with E-state index in [9.17, 15) is 4.79 Å². The Balaban J connectivity index is 1.98. The number of hydrogen-bond acceptors (Lipinski definition) is 2. The first kappa shape index (κ1) is 15.1. The average Bonchev–Trinajstić information content (AvgIpc) is 2.47. The molecule has 0 saturated carbocycles. The summed E-state index contributed by atoms with van der Waals surface area (Å²) >= 11 is 0. The third-order valence-corrected chi connectivity index (χ3v) is 3.31. The van der Waals surface area contributed by atoms with Gasteiger partial charge in [0.05, 0.1) is 0 Å². The van der Waals surface area contributed by atoms with Crippen molar-refractivity contribution in [3.63, 3.8) is 0 Å². The maximum atomic E-state index is 12.0. The van der Waals surface area contributed by atoms with E-state index in [0.29, 0.717) is 5.92 Å². The molecule has 0 fully saturated rings. The van der Waals surface area contributed by atoms with Crippen LogP contribution in [0.3, 0.4) is 0 Å². The van der Waals surface area contributed by atoms with Crippen molar-refractivity contribution in [2.45, 2.75) is 26.7 Å². The predicted molar refractivity (Wildman–Crippen MR) is 85.8 cm³/mol. The highest BCUT2D eigenvalue weighted by Gasteiger charge is 2.10. The van der Waals surface area contributed by atoms with Crippen LogP contribution in [0.15, 0.2) is 48.5 Å². The molecule has 21 heavy (non-hydrogen) atoms. The van der Waals surface area contributed by atoms with Gasteiger partial charge in [-0.3, -0.25) is 4.79 Å². The van der Waals surface area contributed by atoms with E-state index in [1.54, 1.807) is 0 Å². The lowest BCUT2D eigenvalue weighted by atomic mass is 10.0. The van der Waals surface area contributed by atoms with Crippen molar-refractivity contribution >= 4 is 11.6 Å². The normalized spacial score (nSPS) is 10.5. The molecule has 0 aliphatic rings. The van der Waals surface area contributed by atoms with Crippen molar-refractivity contribution in [1.29, 1.82) is 0 Å². The van der Waals surface area contributed by atoms with E-state index < -0.39 is 0 Å². The Morgan fingerprint density at radius 1 is 1.10 bits per heavy atom. The monoisotopic (exact) mass is 283 g/mol. The zero-order chi connectivity index (χ0) is 15.2. The Bertz CT molecular complexity index is 620. The molecular formula is C18H21NO2. The first-order chi connectivity index (χ1) is 10.1. The second-order valence-corrected chi connectivity index (χ2v) is 5.34. The number of ether oxygens (including phenoxy) is 1. The molecule has 0 aliphatic carbocycles. The molecule has 2 aromatic rings. The molecule has 0 bridgehead atoms. The first-order valence-corrected chi connectivity index (χ1v) is 7.15. The van der Waals surface area contributed by atoms with Crippen LogP contribution in [0.25, 0.3) is 0 Å². The van der Waals surface area contributed by atoms with Gasteiger partial charge in [0.25, 0.3) is 5.91 Å². The lowest BCUT2D eigenvalue weighted by Crippen LogP contribution is -2.21. The zero-order valence-corrected chi connectivity index (χ0v) is 12.7. The van der Waals surface area contributed by atoms with Gasteiger partial charge < -0.3 is 10.1 Å². The van der Waals surface area contributed by atoms with Gasteiger partial charge in [0.2, 0.25) is 0 Å². The zero-order valence-electron chi connectivity index (χ0n) is 12.7. The number of aryl methyl sites for hydroxylation is 1. The number of nitrogens with one attached hydrogen (secondary N) is 1. The minimum absolute atomic E-state index is 0.0112. The van der Waals surface area contributed by atoms with E-state index in [-0.39, 0.29) is 12.5 Å². The second-order valence-electron chi connectivity index (χ2n) is 5.34. The van der Waals surface area contributed by atoms with Crippen LogP contribution in [-0.2, 0) is 4.79 Å². The van der Waals surface area contributed by atoms with Gasteiger partial charge in [0, 0.05) is 5.69 Å². The number of anilines is 1. The Hall–Kier alpha value is -2.29. The van der Waals surface area contributed by atoms with Gasteiger partial charge in [-0.25, -0.2) is 0 Å². The maximum Gasteiger partial charge on any atom is 0.262 e. The van der Waals surface area contributed by atoms with E-state index >= 15 is 0 Å². The molecule has 1 amide bonds. The SMILES string of the molecule is Cc1ccccc1OCC(=O)Nc1ccccc1C(C)C. The summed E-state index contributed by atoms with van der Waals surface area (Å²) in [5, 5.41) is 2.92. The van der Waals surface area contributed by atoms with Gasteiger partial charge in [0.1, 0.15) is 5.75 Å². The molecule has 0 heterocycles. The van der Waals surface area contributed by atoms with Crippen LogP contribution in [0.2, 0.25) is 0 Å². The van der Waals surface area contributed by atoms with E-state index in [2.05, 4.69) is 19.2 Å². The molecule has 3 heteroatoms. The molecule has 0 atom stereocenters. The van der Waals surface area contributed by atoms with Crippen molar-refractivity contribution in [3.05, 3.63) is 59.7 Å². The largest absolute Gasteiger partial charge is 0.483 e. The highest BCUT2D eigenvalue weighted by atomic mass is 16.5. The standard InChI is InChI=1S/C18H21NO2/c1-13(2)15-9-5-6-10-16(15)19-18(20)12-21-17-11-7-4-8-14(17)3/h4-11,13H,12H2,1-3H3,(H,19,20). The predicted octanol–water partition coefficient (Wildman–Crippen LogP) is 4.14. The third-order valence-electron chi connectivity index (χ3n) is 3.31. The molecule has 0 unspecified atom stereocenters. The fourth-order valence-electron chi connectivity index (χ4n) is 2.16. The van der Waals surface area contributed by atoms with Gasteiger partial charge in [-0.15, -0.1) is 0 Å². The van der Waals surface area contributed by atoms with Gasteiger partial charge in [-0.05, 0) is 36.1 Å². The molecule has 2 aromatic carbocycles. The van der Waals surface area contributed by atoms with Crippen molar-refractivity contribution in [2.75, 3.05) is 11.9 Å². The topological polar surface area (TPSA) is 38.3 Å². The van der Waals surface area contributed by atoms with Gasteiger partial charge in [-0.1, -0.05) is 50.2 Å². The molecule has 1 N–H and O–H groups in total. The Morgan fingerprint density at radius 3 is 2.48 bits per heavy atom. The van der Waals surface area contributed by atoms with Crippen molar-refractivity contribution in [1.82, 2.24) is 0 Å². The molecule has 2 rings (SSSR count). The Morgan fingerprint density at radius 2 is 1.76 bits per heavy atom. The summed E-state index contributed by atoms with van der Waals surface area (Å²) < 4.78 is 5.56. The van der Waals surface area contributed by atoms with Crippen LogP contribution in [0.4, 0.5) is 5.69 Å². The summed E-state index contributed by atoms with van der Waals surface area (Å²) in [4.78, 5) is 12.0. The molecule has 0 aromatic heterocycles. The third kappa shape index (κ3) is 4.09. The molecular weight excluding hydrogens is 262 g/mol. The molecule has 110 valence electrons. The molecule has 0 saturated heterocycles. The number of benzene rings is 2. The van der Waals surface area contributed by atoms with Gasteiger partial charge in [-0.2, -0.15) is 0 Å². The maximum absolute atomic E-state index is 12.0. The van der Waals surface area contributed by atoms with E-state index in [1.807, 2.05) is 55.5 Å². The lowest BCUT2D eigenvalue weighted by molar-refractivity contribution is -0.118. The Kier molecular flexibility index (Phi) is 4.99. The molecule has 0 spiro atoms. The van der Waals surface area contributed by atoms with Crippen molar-refractivity contribution in [3.8, 4) is 5.75 Å². The number of para-hydroxylation sites is 2. The second kappa shape index (κ2) is 6.93. The summed E-state index contributed by atoms with van der Waals surface area (Å²) in [6.45, 7) is 6.18. The van der Waals surface area contributed by atoms with Gasteiger partial charge in [0.15, 0.2) is 6.61 Å². The number of hydrogen-bond donors (Lipinski definition) is 1. The highest BCUT2D eigenvalue weighted by Crippen LogP contribution is 2.23. The van der Waals surface area contributed by atoms with E-state index in [1.165, 1.54) is 0 Å². The number of carbonyl (C=O) groups excluding carboxylic acids is 1. The van der Waals surface area contributed by atoms with Gasteiger partial charge >= 0.3 is 0 Å². The van der Waals surface area contributed by atoms with Crippen molar-refractivity contribution < 1.29 is 9.53 Å². The van der Waals surface area contributed by atoms with Crippen LogP contribution in [0, 0.1) is 6.92 Å². The summed E-state index contributed by atoms with van der Waals surface area (Å²) in [7, 11) is 0. The summed E-state index contributed by atoms with van der Waals surface area (Å²) in [5.74, 6) is 0.954. The van der Waals surface area contributed by atoms with E-state index in [0.717, 1.165) is 22.6 Å². The highest BCUT2D eigenvalue weighted by molar-refractivity contribution is 5.92. The molecule has 3 nitrogen and oxygen atoms in total. The summed E-state index contributed by atoms with van der Waals surface area (Å²) in [6.07, 6.45) is 0. The lowest BCUT2D eigenvalue weighted by Gasteiger charge is -2.14. The Labute approximate surface area is 126 Å². The average molecular weight is 283 g/mol. The quantitative estimate of drug-likeness (QED) is 0.895. The molecule has 0 radical (unpaired) electrons. The van der Waals surface area contributed by atoms with Crippen LogP contribution in [0.5, 0.6) is 5.75 Å². The molecule has 0 aliphatic heterocycles.